The van der Waals surface area contributed by atoms with Crippen LogP contribution in [-0.4, -0.2) is 18.4 Å². The van der Waals surface area contributed by atoms with E-state index in [1.807, 2.05) is 0 Å². The van der Waals surface area contributed by atoms with Gasteiger partial charge in [-0.25, -0.2) is 0 Å². The predicted octanol–water partition coefficient (Wildman–Crippen LogP) is 2.52. The van der Waals surface area contributed by atoms with E-state index in [2.05, 4.69) is 5.32 Å². The van der Waals surface area contributed by atoms with Gasteiger partial charge in [0.1, 0.15) is 5.78 Å². The second-order valence-electron chi connectivity index (χ2n) is 6.16. The van der Waals surface area contributed by atoms with Crippen LogP contribution in [0.2, 0.25) is 0 Å². The topological polar surface area (TPSA) is 29.1 Å². The van der Waals surface area contributed by atoms with E-state index in [1.54, 1.807) is 0 Å². The molecule has 3 rings (SSSR count). The summed E-state index contributed by atoms with van der Waals surface area (Å²) in [5.74, 6) is 3.15. The van der Waals surface area contributed by atoms with Crippen LogP contribution in [0.4, 0.5) is 0 Å². The average molecular weight is 221 g/mol. The minimum Gasteiger partial charge on any atom is -0.314 e. The number of ketones is 1. The van der Waals surface area contributed by atoms with Crippen molar-refractivity contribution in [2.45, 2.75) is 57.4 Å². The molecule has 0 saturated heterocycles. The fraction of sp³-hybridized carbons (Fsp3) is 0.929. The van der Waals surface area contributed by atoms with Gasteiger partial charge >= 0.3 is 0 Å². The summed E-state index contributed by atoms with van der Waals surface area (Å²) in [5.41, 5.74) is 0. The number of rotatable bonds is 6. The van der Waals surface area contributed by atoms with Crippen molar-refractivity contribution in [2.75, 3.05) is 6.54 Å². The number of carbonyl (C=O) groups excluding carboxylic acids is 1. The van der Waals surface area contributed by atoms with E-state index < -0.39 is 0 Å². The molecular weight excluding hydrogens is 198 g/mol. The first kappa shape index (κ1) is 10.8. The normalized spacial score (nSPS) is 36.9. The van der Waals surface area contributed by atoms with Crippen LogP contribution in [0.15, 0.2) is 0 Å². The lowest BCUT2D eigenvalue weighted by Crippen LogP contribution is -2.22. The molecule has 3 fully saturated rings. The summed E-state index contributed by atoms with van der Waals surface area (Å²) in [6.07, 6.45) is 9.92. The third kappa shape index (κ3) is 2.48. The lowest BCUT2D eigenvalue weighted by atomic mass is 9.85. The second-order valence-corrected chi connectivity index (χ2v) is 6.16. The highest BCUT2D eigenvalue weighted by atomic mass is 16.1. The van der Waals surface area contributed by atoms with Crippen molar-refractivity contribution in [2.24, 2.45) is 17.8 Å². The molecular formula is C14H23NO. The summed E-state index contributed by atoms with van der Waals surface area (Å²) >= 11 is 0. The monoisotopic (exact) mass is 221 g/mol. The molecule has 3 saturated carbocycles. The summed E-state index contributed by atoms with van der Waals surface area (Å²) in [5, 5.41) is 3.43. The van der Waals surface area contributed by atoms with E-state index >= 15 is 0 Å². The first-order valence-electron chi connectivity index (χ1n) is 7.06. The van der Waals surface area contributed by atoms with Gasteiger partial charge < -0.3 is 5.32 Å². The smallest absolute Gasteiger partial charge is 0.134 e. The number of carbonyl (C=O) groups is 1. The van der Waals surface area contributed by atoms with Crippen LogP contribution < -0.4 is 5.32 Å². The van der Waals surface area contributed by atoms with Crippen molar-refractivity contribution in [1.82, 2.24) is 5.32 Å². The molecule has 2 nitrogen and oxygen atoms in total. The van der Waals surface area contributed by atoms with Crippen molar-refractivity contribution in [3.05, 3.63) is 0 Å². The molecule has 16 heavy (non-hydrogen) atoms. The number of hydrogen-bond acceptors (Lipinski definition) is 2. The van der Waals surface area contributed by atoms with E-state index in [4.69, 9.17) is 0 Å². The average Bonchev–Trinajstić information content (AvgIpc) is 2.86. The molecule has 1 N–H and O–H groups in total. The SMILES string of the molecule is O=C(CCNC1CC1)CC1CC2CCC1C2. The first-order valence-corrected chi connectivity index (χ1v) is 7.06. The molecule has 2 heteroatoms. The molecule has 0 aromatic heterocycles. The molecule has 0 aromatic carbocycles. The number of Topliss-reactive ketones (excluding diaryl/α,β-unsaturated/α-hetero) is 1. The van der Waals surface area contributed by atoms with Gasteiger partial charge in [0.25, 0.3) is 0 Å². The Labute approximate surface area is 98.2 Å². The third-order valence-corrected chi connectivity index (χ3v) is 4.79. The Kier molecular flexibility index (Phi) is 3.01. The van der Waals surface area contributed by atoms with Crippen LogP contribution in [0.25, 0.3) is 0 Å². The molecule has 3 atom stereocenters. The maximum absolute atomic E-state index is 11.8. The van der Waals surface area contributed by atoms with Crippen molar-refractivity contribution in [3.63, 3.8) is 0 Å². The minimum atomic E-state index is 0.505. The van der Waals surface area contributed by atoms with Crippen LogP contribution in [0.5, 0.6) is 0 Å². The maximum Gasteiger partial charge on any atom is 0.134 e. The Balaban J connectivity index is 1.35. The van der Waals surface area contributed by atoms with Gasteiger partial charge in [-0.1, -0.05) is 6.42 Å². The highest BCUT2D eigenvalue weighted by Gasteiger charge is 2.39. The Hall–Kier alpha value is -0.370. The van der Waals surface area contributed by atoms with Crippen molar-refractivity contribution in [1.29, 1.82) is 0 Å². The Bertz CT molecular complexity index is 272. The number of fused-ring (bicyclic) bond motifs is 2. The van der Waals surface area contributed by atoms with E-state index in [9.17, 15) is 4.79 Å². The molecule has 3 aliphatic carbocycles. The van der Waals surface area contributed by atoms with Crippen molar-refractivity contribution in [3.8, 4) is 0 Å². The number of hydrogen-bond donors (Lipinski definition) is 1. The Morgan fingerprint density at radius 3 is 2.62 bits per heavy atom. The standard InChI is InChI=1S/C14H23NO/c16-14(5-6-15-13-3-4-13)9-12-8-10-1-2-11(12)7-10/h10-13,15H,1-9H2. The Morgan fingerprint density at radius 1 is 1.12 bits per heavy atom. The van der Waals surface area contributed by atoms with Crippen LogP contribution >= 0.6 is 0 Å². The Morgan fingerprint density at radius 2 is 2.00 bits per heavy atom. The molecule has 0 amide bonds. The molecule has 0 aromatic rings. The molecule has 2 bridgehead atoms. The van der Waals surface area contributed by atoms with Gasteiger partial charge in [0.15, 0.2) is 0 Å². The van der Waals surface area contributed by atoms with Crippen molar-refractivity contribution < 1.29 is 4.79 Å². The summed E-state index contributed by atoms with van der Waals surface area (Å²) in [6.45, 7) is 0.921. The molecule has 3 unspecified atom stereocenters. The summed E-state index contributed by atoms with van der Waals surface area (Å²) in [4.78, 5) is 11.8. The van der Waals surface area contributed by atoms with Crippen LogP contribution in [-0.2, 0) is 4.79 Å². The van der Waals surface area contributed by atoms with E-state index in [-0.39, 0.29) is 0 Å². The molecule has 90 valence electrons. The van der Waals surface area contributed by atoms with Gasteiger partial charge in [0.2, 0.25) is 0 Å². The van der Waals surface area contributed by atoms with Crippen LogP contribution in [0.1, 0.15) is 51.4 Å². The number of nitrogens with one attached hydrogen (secondary N) is 1. The van der Waals surface area contributed by atoms with E-state index in [0.717, 1.165) is 43.2 Å². The minimum absolute atomic E-state index is 0.505. The molecule has 3 aliphatic rings. The highest BCUT2D eigenvalue weighted by molar-refractivity contribution is 5.78. The highest BCUT2D eigenvalue weighted by Crippen LogP contribution is 2.49. The summed E-state index contributed by atoms with van der Waals surface area (Å²) < 4.78 is 0. The fourth-order valence-corrected chi connectivity index (χ4v) is 3.72. The third-order valence-electron chi connectivity index (χ3n) is 4.79. The van der Waals surface area contributed by atoms with Gasteiger partial charge in [0.05, 0.1) is 0 Å². The van der Waals surface area contributed by atoms with Crippen LogP contribution in [0.3, 0.4) is 0 Å². The summed E-state index contributed by atoms with van der Waals surface area (Å²) in [6, 6.07) is 0.746. The van der Waals surface area contributed by atoms with Gasteiger partial charge in [0, 0.05) is 25.4 Å². The van der Waals surface area contributed by atoms with Gasteiger partial charge in [-0.2, -0.15) is 0 Å². The first-order chi connectivity index (χ1) is 7.81. The molecule has 0 spiro atoms. The predicted molar refractivity (Wildman–Crippen MR) is 64.2 cm³/mol. The van der Waals surface area contributed by atoms with E-state index in [0.29, 0.717) is 5.78 Å². The second kappa shape index (κ2) is 4.48. The zero-order valence-corrected chi connectivity index (χ0v) is 10.1. The van der Waals surface area contributed by atoms with Crippen molar-refractivity contribution >= 4 is 5.78 Å². The fourth-order valence-electron chi connectivity index (χ4n) is 3.72. The quantitative estimate of drug-likeness (QED) is 0.746. The largest absolute Gasteiger partial charge is 0.314 e. The lowest BCUT2D eigenvalue weighted by molar-refractivity contribution is -0.120. The molecule has 0 aliphatic heterocycles. The zero-order chi connectivity index (χ0) is 11.0. The van der Waals surface area contributed by atoms with E-state index in [1.165, 1.54) is 38.5 Å². The van der Waals surface area contributed by atoms with Gasteiger partial charge in [-0.05, 0) is 49.9 Å². The van der Waals surface area contributed by atoms with Gasteiger partial charge in [-0.15, -0.1) is 0 Å². The summed E-state index contributed by atoms with van der Waals surface area (Å²) in [7, 11) is 0. The van der Waals surface area contributed by atoms with Crippen LogP contribution in [0, 0.1) is 17.8 Å². The lowest BCUT2D eigenvalue weighted by Gasteiger charge is -2.20. The molecule has 0 radical (unpaired) electrons. The van der Waals surface area contributed by atoms with Gasteiger partial charge in [-0.3, -0.25) is 4.79 Å². The zero-order valence-electron chi connectivity index (χ0n) is 10.1. The maximum atomic E-state index is 11.8. The molecule has 0 heterocycles.